The van der Waals surface area contributed by atoms with E-state index in [-0.39, 0.29) is 0 Å². The molecule has 3 aromatic carbocycles. The molecule has 1 fully saturated rings. The molecule has 200 valence electrons. The molecule has 1 aliphatic heterocycles. The van der Waals surface area contributed by atoms with Crippen molar-refractivity contribution in [1.29, 1.82) is 0 Å². The second-order valence-electron chi connectivity index (χ2n) is 11.8. The molecular weight excluding hydrogens is 466 g/mol. The zero-order valence-corrected chi connectivity index (χ0v) is 23.5. The number of ether oxygens (including phenoxy) is 1. The highest BCUT2D eigenvalue weighted by Gasteiger charge is 2.23. The molecule has 2 aliphatic rings. The molecule has 1 saturated heterocycles. The number of piperidine rings is 1. The summed E-state index contributed by atoms with van der Waals surface area (Å²) in [7, 11) is 4.36. The zero-order chi connectivity index (χ0) is 26.1. The second-order valence-corrected chi connectivity index (χ2v) is 11.8. The molecule has 0 radical (unpaired) electrons. The number of para-hydroxylation sites is 1. The molecule has 4 aromatic rings. The van der Waals surface area contributed by atoms with Crippen molar-refractivity contribution in [2.24, 2.45) is 5.92 Å². The fraction of sp³-hybridized carbons (Fsp3) is 0.471. The monoisotopic (exact) mass is 509 g/mol. The van der Waals surface area contributed by atoms with E-state index in [4.69, 9.17) is 4.74 Å². The largest absolute Gasteiger partial charge is 0.490 e. The van der Waals surface area contributed by atoms with E-state index in [0.29, 0.717) is 6.10 Å². The zero-order valence-electron chi connectivity index (χ0n) is 23.5. The van der Waals surface area contributed by atoms with E-state index < -0.39 is 0 Å². The summed E-state index contributed by atoms with van der Waals surface area (Å²) in [5.74, 6) is 1.90. The fourth-order valence-corrected chi connectivity index (χ4v) is 6.74. The van der Waals surface area contributed by atoms with Crippen LogP contribution >= 0.6 is 0 Å². The minimum absolute atomic E-state index is 0.325. The van der Waals surface area contributed by atoms with E-state index in [2.05, 4.69) is 96.0 Å². The van der Waals surface area contributed by atoms with Gasteiger partial charge in [-0.2, -0.15) is 0 Å². The van der Waals surface area contributed by atoms with Crippen molar-refractivity contribution in [2.75, 3.05) is 33.7 Å². The first kappa shape index (κ1) is 25.5. The number of hydrogen-bond acceptors (Lipinski definition) is 3. The Morgan fingerprint density at radius 3 is 2.50 bits per heavy atom. The number of fused-ring (bicyclic) bond motifs is 4. The van der Waals surface area contributed by atoms with Gasteiger partial charge in [0.2, 0.25) is 0 Å². The topological polar surface area (TPSA) is 20.6 Å². The molecule has 4 heteroatoms. The van der Waals surface area contributed by atoms with Gasteiger partial charge in [-0.3, -0.25) is 4.90 Å². The quantitative estimate of drug-likeness (QED) is 0.257. The Labute approximate surface area is 228 Å². The van der Waals surface area contributed by atoms with Gasteiger partial charge in [0.05, 0.1) is 0 Å². The lowest BCUT2D eigenvalue weighted by Gasteiger charge is -2.32. The number of likely N-dealkylation sites (tertiary alicyclic amines) is 1. The Hall–Kier alpha value is -2.82. The van der Waals surface area contributed by atoms with Crippen molar-refractivity contribution in [3.05, 3.63) is 77.4 Å². The maximum Gasteiger partial charge on any atom is 0.120 e. The van der Waals surface area contributed by atoms with E-state index in [1.807, 2.05) is 0 Å². The first-order chi connectivity index (χ1) is 18.6. The highest BCUT2D eigenvalue weighted by Crippen LogP contribution is 2.32. The molecule has 4 nitrogen and oxygen atoms in total. The van der Waals surface area contributed by atoms with Crippen LogP contribution in [-0.4, -0.2) is 54.2 Å². The predicted octanol–water partition coefficient (Wildman–Crippen LogP) is 6.91. The van der Waals surface area contributed by atoms with Crippen LogP contribution in [0.4, 0.5) is 0 Å². The molecule has 1 aromatic heterocycles. The molecule has 38 heavy (non-hydrogen) atoms. The standard InChI is InChI=1S/C34H43N3O/c1-4-37-33-8-6-5-7-31(33)32-22-26(10-14-34(32)37)24-36-19-16-29(17-20-36)38-30-13-12-27-21-25(15-18-35(2)3)9-11-28(27)23-30/h5-8,10,12-14,22-23,25,29H,4,9,11,15-21,24H2,1-3H3. The van der Waals surface area contributed by atoms with Gasteiger partial charge < -0.3 is 14.2 Å². The summed E-state index contributed by atoms with van der Waals surface area (Å²) in [6, 6.07) is 22.8. The third-order valence-electron chi connectivity index (χ3n) is 8.89. The van der Waals surface area contributed by atoms with Crippen LogP contribution in [0, 0.1) is 5.92 Å². The number of rotatable bonds is 8. The Morgan fingerprint density at radius 2 is 1.68 bits per heavy atom. The van der Waals surface area contributed by atoms with Gasteiger partial charge in [-0.25, -0.2) is 0 Å². The SMILES string of the molecule is CCn1c2ccccc2c2cc(CN3CCC(Oc4ccc5c(c4)CCC(CCN(C)C)C5)CC3)ccc21. The molecule has 1 atom stereocenters. The van der Waals surface area contributed by atoms with Gasteiger partial charge in [-0.1, -0.05) is 30.3 Å². The van der Waals surface area contributed by atoms with Crippen molar-refractivity contribution in [3.8, 4) is 5.75 Å². The van der Waals surface area contributed by atoms with Crippen molar-refractivity contribution in [3.63, 3.8) is 0 Å². The smallest absolute Gasteiger partial charge is 0.120 e. The van der Waals surface area contributed by atoms with Gasteiger partial charge in [-0.15, -0.1) is 0 Å². The third-order valence-corrected chi connectivity index (χ3v) is 8.89. The number of hydrogen-bond donors (Lipinski definition) is 0. The maximum absolute atomic E-state index is 6.51. The molecular formula is C34H43N3O. The van der Waals surface area contributed by atoms with E-state index in [9.17, 15) is 0 Å². The van der Waals surface area contributed by atoms with E-state index in [1.165, 1.54) is 65.2 Å². The van der Waals surface area contributed by atoms with Crippen molar-refractivity contribution >= 4 is 21.8 Å². The van der Waals surface area contributed by atoms with E-state index in [1.54, 1.807) is 5.56 Å². The van der Waals surface area contributed by atoms with Crippen molar-refractivity contribution < 1.29 is 4.74 Å². The lowest BCUT2D eigenvalue weighted by molar-refractivity contribution is 0.0967. The molecule has 1 aliphatic carbocycles. The molecule has 0 bridgehead atoms. The predicted molar refractivity (Wildman–Crippen MR) is 159 cm³/mol. The average Bonchev–Trinajstić information content (AvgIpc) is 3.26. The molecule has 0 N–H and O–H groups in total. The minimum atomic E-state index is 0.325. The third kappa shape index (κ3) is 5.34. The number of benzene rings is 3. The van der Waals surface area contributed by atoms with Gasteiger partial charge in [0.1, 0.15) is 11.9 Å². The minimum Gasteiger partial charge on any atom is -0.490 e. The number of aryl methyl sites for hydroxylation is 2. The summed E-state index contributed by atoms with van der Waals surface area (Å²) < 4.78 is 8.94. The number of aromatic nitrogens is 1. The Bertz CT molecular complexity index is 1400. The van der Waals surface area contributed by atoms with Crippen molar-refractivity contribution in [2.45, 2.75) is 64.6 Å². The summed E-state index contributed by atoms with van der Waals surface area (Å²) in [5.41, 5.74) is 7.15. The van der Waals surface area contributed by atoms with E-state index >= 15 is 0 Å². The average molecular weight is 510 g/mol. The van der Waals surface area contributed by atoms with Crippen LogP contribution in [0.25, 0.3) is 21.8 Å². The van der Waals surface area contributed by atoms with Gasteiger partial charge in [0, 0.05) is 48.0 Å². The fourth-order valence-electron chi connectivity index (χ4n) is 6.74. The summed E-state index contributed by atoms with van der Waals surface area (Å²) in [4.78, 5) is 4.91. The van der Waals surface area contributed by atoms with Crippen LogP contribution in [-0.2, 0) is 25.9 Å². The van der Waals surface area contributed by atoms with Crippen LogP contribution in [0.5, 0.6) is 5.75 Å². The Balaban J connectivity index is 1.05. The van der Waals surface area contributed by atoms with Crippen LogP contribution in [0.3, 0.4) is 0 Å². The lowest BCUT2D eigenvalue weighted by atomic mass is 9.82. The van der Waals surface area contributed by atoms with Crippen LogP contribution in [0.2, 0.25) is 0 Å². The maximum atomic E-state index is 6.51. The molecule has 0 spiro atoms. The summed E-state index contributed by atoms with van der Waals surface area (Å²) in [6.45, 7) is 7.63. The summed E-state index contributed by atoms with van der Waals surface area (Å²) in [5, 5.41) is 2.75. The van der Waals surface area contributed by atoms with Gasteiger partial charge in [-0.05, 0) is 119 Å². The lowest BCUT2D eigenvalue weighted by Crippen LogP contribution is -2.37. The molecule has 2 heterocycles. The van der Waals surface area contributed by atoms with Crippen LogP contribution in [0.1, 0.15) is 49.3 Å². The highest BCUT2D eigenvalue weighted by molar-refractivity contribution is 6.08. The normalized spacial score (nSPS) is 18.9. The van der Waals surface area contributed by atoms with Crippen molar-refractivity contribution in [1.82, 2.24) is 14.4 Å². The first-order valence-electron chi connectivity index (χ1n) is 14.7. The number of nitrogens with zero attached hydrogens (tertiary/aromatic N) is 3. The van der Waals surface area contributed by atoms with Gasteiger partial charge in [0.25, 0.3) is 0 Å². The summed E-state index contributed by atoms with van der Waals surface area (Å²) >= 11 is 0. The molecule has 1 unspecified atom stereocenters. The van der Waals surface area contributed by atoms with E-state index in [0.717, 1.165) is 50.7 Å². The van der Waals surface area contributed by atoms with Crippen LogP contribution in [0.15, 0.2) is 60.7 Å². The van der Waals surface area contributed by atoms with Crippen LogP contribution < -0.4 is 4.74 Å². The second kappa shape index (κ2) is 11.1. The highest BCUT2D eigenvalue weighted by atomic mass is 16.5. The first-order valence-corrected chi connectivity index (χ1v) is 14.7. The Kier molecular flexibility index (Phi) is 7.45. The van der Waals surface area contributed by atoms with Gasteiger partial charge >= 0.3 is 0 Å². The molecule has 0 amide bonds. The molecule has 6 rings (SSSR count). The summed E-state index contributed by atoms with van der Waals surface area (Å²) in [6.07, 6.45) is 7.57. The van der Waals surface area contributed by atoms with Gasteiger partial charge in [0.15, 0.2) is 0 Å². The Morgan fingerprint density at radius 1 is 0.868 bits per heavy atom. The molecule has 0 saturated carbocycles.